The Morgan fingerprint density at radius 1 is 1.05 bits per heavy atom. The first kappa shape index (κ1) is 33.1. The summed E-state index contributed by atoms with van der Waals surface area (Å²) in [5.74, 6) is -0.110. The van der Waals surface area contributed by atoms with Crippen molar-refractivity contribution in [3.8, 4) is 0 Å². The third-order valence-corrected chi connectivity index (χ3v) is 10.9. The molecule has 8 heteroatoms. The molecule has 5 N–H and O–H groups in total. The Kier molecular flexibility index (Phi) is 10.3. The minimum Gasteiger partial charge on any atom is -0.479 e. The van der Waals surface area contributed by atoms with Crippen molar-refractivity contribution in [2.24, 2.45) is 29.1 Å². The Bertz CT molecular complexity index is 1090. The average molecular weight is 589 g/mol. The lowest BCUT2D eigenvalue weighted by Crippen LogP contribution is -2.61. The lowest BCUT2D eigenvalue weighted by atomic mass is 9.61. The topological polar surface area (TPSA) is 137 Å². The summed E-state index contributed by atoms with van der Waals surface area (Å²) in [5, 5.41) is 50.1. The minimum absolute atomic E-state index is 0.111. The van der Waals surface area contributed by atoms with Crippen molar-refractivity contribution < 1.29 is 39.8 Å². The van der Waals surface area contributed by atoms with Crippen LogP contribution in [-0.2, 0) is 14.3 Å². The van der Waals surface area contributed by atoms with Gasteiger partial charge in [0.25, 0.3) is 0 Å². The van der Waals surface area contributed by atoms with Gasteiger partial charge in [-0.1, -0.05) is 62.8 Å². The molecule has 0 radical (unpaired) electrons. The standard InChI is InChI=1S/C34H52O8/c1-19-10-14-24(35)18-23(19)13-12-22-8-7-17-34(6)25(15-16-26(22)34)20(2)9-11-21(3)33(4,5)42-32-29(38)27(36)28(37)30(41-32)31(39)40/h9,11-13,20-21,24-30,32,35-38H,1,7-8,10,14-18H2,2-6H3,(H,39,40)/b11-9?,22-12-,23-13-/t20-,21+,24?,25-,26?,27+,28+,29+,30+,32+,34-/m1/s1. The van der Waals surface area contributed by atoms with E-state index < -0.39 is 42.3 Å². The van der Waals surface area contributed by atoms with Gasteiger partial charge >= 0.3 is 5.97 Å². The van der Waals surface area contributed by atoms with E-state index in [1.165, 1.54) is 36.8 Å². The number of carbonyl (C=O) groups is 1. The van der Waals surface area contributed by atoms with Crippen molar-refractivity contribution >= 4 is 5.97 Å². The predicted octanol–water partition coefficient (Wildman–Crippen LogP) is 4.67. The normalized spacial score (nSPS) is 41.3. The quantitative estimate of drug-likeness (QED) is 0.258. The highest BCUT2D eigenvalue weighted by Crippen LogP contribution is 2.59. The van der Waals surface area contributed by atoms with Crippen molar-refractivity contribution in [2.75, 3.05) is 0 Å². The highest BCUT2D eigenvalue weighted by Gasteiger charge is 2.51. The molecule has 4 rings (SSSR count). The van der Waals surface area contributed by atoms with Gasteiger partial charge in [-0.2, -0.15) is 0 Å². The number of rotatable bonds is 8. The van der Waals surface area contributed by atoms with Crippen LogP contribution in [0.25, 0.3) is 0 Å². The van der Waals surface area contributed by atoms with Crippen molar-refractivity contribution in [1.29, 1.82) is 0 Å². The first-order valence-electron chi connectivity index (χ1n) is 15.7. The van der Waals surface area contributed by atoms with Gasteiger partial charge in [-0.25, -0.2) is 4.79 Å². The molecule has 4 fully saturated rings. The monoisotopic (exact) mass is 588 g/mol. The van der Waals surface area contributed by atoms with Crippen LogP contribution in [0.1, 0.15) is 86.0 Å². The Morgan fingerprint density at radius 3 is 2.45 bits per heavy atom. The molecule has 1 heterocycles. The number of fused-ring (bicyclic) bond motifs is 1. The van der Waals surface area contributed by atoms with E-state index in [1.807, 2.05) is 20.8 Å². The molecule has 236 valence electrons. The van der Waals surface area contributed by atoms with Crippen molar-refractivity contribution in [1.82, 2.24) is 0 Å². The van der Waals surface area contributed by atoms with E-state index in [0.29, 0.717) is 24.2 Å². The van der Waals surface area contributed by atoms with Crippen LogP contribution in [0.3, 0.4) is 0 Å². The average Bonchev–Trinajstić information content (AvgIpc) is 3.29. The first-order chi connectivity index (χ1) is 19.7. The minimum atomic E-state index is -1.75. The Labute approximate surface area is 250 Å². The zero-order valence-electron chi connectivity index (χ0n) is 25.9. The number of hydrogen-bond donors (Lipinski definition) is 5. The van der Waals surface area contributed by atoms with Gasteiger partial charge in [0, 0.05) is 5.92 Å². The Balaban J connectivity index is 1.41. The van der Waals surface area contributed by atoms with Crippen LogP contribution in [0.5, 0.6) is 0 Å². The smallest absolute Gasteiger partial charge is 0.335 e. The van der Waals surface area contributed by atoms with Gasteiger partial charge in [0.15, 0.2) is 12.4 Å². The number of carboxylic acid groups (broad SMARTS) is 1. The zero-order valence-corrected chi connectivity index (χ0v) is 25.9. The number of hydrogen-bond acceptors (Lipinski definition) is 7. The molecule has 1 aliphatic heterocycles. The third-order valence-electron chi connectivity index (χ3n) is 10.9. The summed E-state index contributed by atoms with van der Waals surface area (Å²) < 4.78 is 11.4. The number of aliphatic hydroxyl groups excluding tert-OH is 4. The fourth-order valence-corrected chi connectivity index (χ4v) is 7.80. The summed E-state index contributed by atoms with van der Waals surface area (Å²) in [6.45, 7) is 14.7. The summed E-state index contributed by atoms with van der Waals surface area (Å²) in [4.78, 5) is 11.5. The highest BCUT2D eigenvalue weighted by molar-refractivity contribution is 5.73. The molecule has 42 heavy (non-hydrogen) atoms. The van der Waals surface area contributed by atoms with Gasteiger partial charge in [-0.05, 0) is 94.0 Å². The van der Waals surface area contributed by atoms with E-state index in [1.54, 1.807) is 0 Å². The number of ether oxygens (including phenoxy) is 2. The molecular weight excluding hydrogens is 536 g/mol. The van der Waals surface area contributed by atoms with Gasteiger partial charge < -0.3 is 35.0 Å². The van der Waals surface area contributed by atoms with Crippen LogP contribution in [0.4, 0.5) is 0 Å². The van der Waals surface area contributed by atoms with E-state index in [-0.39, 0.29) is 17.4 Å². The molecule has 2 unspecified atom stereocenters. The molecule has 3 aliphatic carbocycles. The molecular formula is C34H52O8. The highest BCUT2D eigenvalue weighted by atomic mass is 16.7. The molecule has 0 aromatic heterocycles. The summed E-state index contributed by atoms with van der Waals surface area (Å²) in [6.07, 6.45) is 8.80. The summed E-state index contributed by atoms with van der Waals surface area (Å²) in [7, 11) is 0. The summed E-state index contributed by atoms with van der Waals surface area (Å²) in [5.41, 5.74) is 3.24. The second-order valence-corrected chi connectivity index (χ2v) is 14.0. The van der Waals surface area contributed by atoms with Crippen LogP contribution >= 0.6 is 0 Å². The molecule has 0 amide bonds. The van der Waals surface area contributed by atoms with Crippen LogP contribution in [0.2, 0.25) is 0 Å². The van der Waals surface area contributed by atoms with Gasteiger partial charge in [0.2, 0.25) is 0 Å². The van der Waals surface area contributed by atoms with Crippen molar-refractivity contribution in [3.63, 3.8) is 0 Å². The van der Waals surface area contributed by atoms with Gasteiger partial charge in [0.1, 0.15) is 18.3 Å². The molecule has 4 aliphatic rings. The van der Waals surface area contributed by atoms with Gasteiger partial charge in [-0.15, -0.1) is 0 Å². The van der Waals surface area contributed by atoms with E-state index in [0.717, 1.165) is 24.8 Å². The van der Waals surface area contributed by atoms with Crippen LogP contribution in [-0.4, -0.2) is 73.9 Å². The second kappa shape index (κ2) is 13.0. The van der Waals surface area contributed by atoms with Crippen LogP contribution in [0, 0.1) is 29.1 Å². The number of aliphatic carboxylic acids is 1. The van der Waals surface area contributed by atoms with Crippen LogP contribution < -0.4 is 0 Å². The molecule has 0 spiro atoms. The van der Waals surface area contributed by atoms with E-state index in [2.05, 4.69) is 44.7 Å². The third kappa shape index (κ3) is 6.79. The summed E-state index contributed by atoms with van der Waals surface area (Å²) in [6, 6.07) is 0. The second-order valence-electron chi connectivity index (χ2n) is 14.0. The molecule has 0 bridgehead atoms. The van der Waals surface area contributed by atoms with Crippen LogP contribution in [0.15, 0.2) is 47.6 Å². The van der Waals surface area contributed by atoms with E-state index in [4.69, 9.17) is 9.47 Å². The molecule has 0 aromatic carbocycles. The molecule has 1 saturated heterocycles. The van der Waals surface area contributed by atoms with Crippen molar-refractivity contribution in [3.05, 3.63) is 47.6 Å². The first-order valence-corrected chi connectivity index (χ1v) is 15.7. The SMILES string of the molecule is C=C1CCC(O)C/C1=C/C=C1/CCC[C@@]2(C)C1CC[C@@H]2[C@H](C)C=C[C@H](C)C(C)(C)O[C@@H]1O[C@H](C(=O)O)[C@@H](O)[C@H](O)[C@@H]1O. The molecule has 8 nitrogen and oxygen atoms in total. The van der Waals surface area contributed by atoms with Gasteiger partial charge in [0.05, 0.1) is 11.7 Å². The number of allylic oxidation sites excluding steroid dienone is 5. The Morgan fingerprint density at radius 2 is 1.76 bits per heavy atom. The maximum absolute atomic E-state index is 11.5. The fraction of sp³-hybridized carbons (Fsp3) is 0.735. The van der Waals surface area contributed by atoms with Gasteiger partial charge in [-0.3, -0.25) is 0 Å². The molecule has 0 aromatic rings. The lowest BCUT2D eigenvalue weighted by molar-refractivity contribution is -0.319. The molecule has 3 saturated carbocycles. The van der Waals surface area contributed by atoms with E-state index >= 15 is 0 Å². The molecule has 11 atom stereocenters. The van der Waals surface area contributed by atoms with Crippen molar-refractivity contribution in [2.45, 2.75) is 128 Å². The summed E-state index contributed by atoms with van der Waals surface area (Å²) >= 11 is 0. The predicted molar refractivity (Wildman–Crippen MR) is 160 cm³/mol. The number of aliphatic hydroxyl groups is 4. The Hall–Kier alpha value is -1.81. The maximum atomic E-state index is 11.5. The zero-order chi connectivity index (χ0) is 31.0. The largest absolute Gasteiger partial charge is 0.479 e. The lowest BCUT2D eigenvalue weighted by Gasteiger charge is -2.44. The van der Waals surface area contributed by atoms with E-state index in [9.17, 15) is 30.3 Å². The number of carboxylic acids is 1. The fourth-order valence-electron chi connectivity index (χ4n) is 7.80. The maximum Gasteiger partial charge on any atom is 0.335 e.